The van der Waals surface area contributed by atoms with Gasteiger partial charge in [-0.25, -0.2) is 4.98 Å². The highest BCUT2D eigenvalue weighted by molar-refractivity contribution is 6.01. The highest BCUT2D eigenvalue weighted by Crippen LogP contribution is 2.31. The van der Waals surface area contributed by atoms with Crippen LogP contribution in [0.2, 0.25) is 0 Å². The number of rotatable bonds is 6. The molecule has 30 heavy (non-hydrogen) atoms. The number of fused-ring (bicyclic) bond motifs is 3. The minimum Gasteiger partial charge on any atom is -0.385 e. The summed E-state index contributed by atoms with van der Waals surface area (Å²) in [7, 11) is 1.65. The summed E-state index contributed by atoms with van der Waals surface area (Å²) >= 11 is 0. The predicted octanol–water partition coefficient (Wildman–Crippen LogP) is 3.13. The fourth-order valence-electron chi connectivity index (χ4n) is 4.81. The highest BCUT2D eigenvalue weighted by Gasteiger charge is 2.48. The van der Waals surface area contributed by atoms with Crippen molar-refractivity contribution in [1.82, 2.24) is 19.8 Å². The average molecular weight is 413 g/mol. The number of para-hydroxylation sites is 2. The smallest absolute Gasteiger partial charge is 0.290 e. The molecule has 0 bridgehead atoms. The van der Waals surface area contributed by atoms with Gasteiger partial charge < -0.3 is 19.5 Å². The molecule has 2 aromatic rings. The van der Waals surface area contributed by atoms with Gasteiger partial charge >= 0.3 is 0 Å². The molecule has 1 aromatic carbocycles. The van der Waals surface area contributed by atoms with E-state index in [-0.39, 0.29) is 17.9 Å². The van der Waals surface area contributed by atoms with Crippen LogP contribution in [0, 0.1) is 0 Å². The van der Waals surface area contributed by atoms with Gasteiger partial charge in [0.1, 0.15) is 5.54 Å². The van der Waals surface area contributed by atoms with Crippen molar-refractivity contribution in [3.8, 4) is 0 Å². The van der Waals surface area contributed by atoms with E-state index in [1.807, 2.05) is 35.8 Å². The van der Waals surface area contributed by atoms with Gasteiger partial charge in [-0.15, -0.1) is 0 Å². The van der Waals surface area contributed by atoms with Gasteiger partial charge in [-0.3, -0.25) is 9.59 Å². The number of hydrogen-bond donors (Lipinski definition) is 1. The zero-order valence-corrected chi connectivity index (χ0v) is 18.0. The van der Waals surface area contributed by atoms with Gasteiger partial charge in [-0.1, -0.05) is 37.8 Å². The van der Waals surface area contributed by atoms with Crippen LogP contribution in [-0.2, 0) is 16.1 Å². The lowest BCUT2D eigenvalue weighted by atomic mass is 9.93. The number of hydrogen-bond acceptors (Lipinski definition) is 4. The standard InChI is InChI=1S/C23H32N4O3/c1-23(22(29)24-17-10-5-3-4-6-11-17)16-26-19-13-8-7-12-18(19)25-20(26)21(28)27(23)14-9-15-30-2/h7-8,12-13,17H,3-6,9-11,14-16H2,1-2H3,(H,24,29)/t23-/m1/s1. The molecule has 7 heteroatoms. The van der Waals surface area contributed by atoms with Crippen LogP contribution in [0.4, 0.5) is 0 Å². The summed E-state index contributed by atoms with van der Waals surface area (Å²) in [5.41, 5.74) is 0.713. The molecule has 1 fully saturated rings. The largest absolute Gasteiger partial charge is 0.385 e. The van der Waals surface area contributed by atoms with E-state index in [2.05, 4.69) is 10.3 Å². The Morgan fingerprint density at radius 1 is 1.23 bits per heavy atom. The molecular weight excluding hydrogens is 380 g/mol. The third-order valence-corrected chi connectivity index (χ3v) is 6.56. The predicted molar refractivity (Wildman–Crippen MR) is 115 cm³/mol. The molecule has 1 N–H and O–H groups in total. The normalized spacial score (nSPS) is 22.7. The van der Waals surface area contributed by atoms with E-state index in [1.54, 1.807) is 12.0 Å². The van der Waals surface area contributed by atoms with Gasteiger partial charge in [0.2, 0.25) is 5.91 Å². The fraction of sp³-hybridized carbons (Fsp3) is 0.609. The topological polar surface area (TPSA) is 76.5 Å². The van der Waals surface area contributed by atoms with Crippen LogP contribution in [0.3, 0.4) is 0 Å². The van der Waals surface area contributed by atoms with Crippen LogP contribution in [0.5, 0.6) is 0 Å². The van der Waals surface area contributed by atoms with E-state index >= 15 is 0 Å². The van der Waals surface area contributed by atoms with E-state index < -0.39 is 5.54 Å². The molecule has 162 valence electrons. The minimum atomic E-state index is -0.965. The molecule has 0 saturated heterocycles. The Kier molecular flexibility index (Phi) is 6.09. The Morgan fingerprint density at radius 3 is 2.70 bits per heavy atom. The number of carbonyl (C=O) groups excluding carboxylic acids is 2. The molecule has 1 aromatic heterocycles. The van der Waals surface area contributed by atoms with Crippen LogP contribution < -0.4 is 5.32 Å². The molecule has 2 heterocycles. The van der Waals surface area contributed by atoms with Crippen molar-refractivity contribution in [2.75, 3.05) is 20.3 Å². The number of amides is 2. The third kappa shape index (κ3) is 3.83. The van der Waals surface area contributed by atoms with Crippen molar-refractivity contribution < 1.29 is 14.3 Å². The van der Waals surface area contributed by atoms with Crippen LogP contribution in [0.15, 0.2) is 24.3 Å². The van der Waals surface area contributed by atoms with Crippen LogP contribution >= 0.6 is 0 Å². The first-order valence-electron chi connectivity index (χ1n) is 11.1. The Morgan fingerprint density at radius 2 is 1.97 bits per heavy atom. The molecular formula is C23H32N4O3. The van der Waals surface area contributed by atoms with Crippen molar-refractivity contribution >= 4 is 22.8 Å². The number of aromatic nitrogens is 2. The molecule has 0 spiro atoms. The maximum Gasteiger partial charge on any atom is 0.290 e. The third-order valence-electron chi connectivity index (χ3n) is 6.56. The van der Waals surface area contributed by atoms with E-state index in [1.165, 1.54) is 12.8 Å². The van der Waals surface area contributed by atoms with Crippen LogP contribution in [0.25, 0.3) is 11.0 Å². The molecule has 7 nitrogen and oxygen atoms in total. The summed E-state index contributed by atoms with van der Waals surface area (Å²) in [6.45, 7) is 3.30. The van der Waals surface area contributed by atoms with Gasteiger partial charge in [-0.05, 0) is 38.3 Å². The Labute approximate surface area is 177 Å². The average Bonchev–Trinajstić information content (AvgIpc) is 2.91. The number of carbonyl (C=O) groups is 2. The summed E-state index contributed by atoms with van der Waals surface area (Å²) in [4.78, 5) is 33.3. The molecule has 1 atom stereocenters. The van der Waals surface area contributed by atoms with Gasteiger partial charge in [0.25, 0.3) is 5.91 Å². The maximum atomic E-state index is 13.6. The number of imidazole rings is 1. The summed E-state index contributed by atoms with van der Waals surface area (Å²) in [5.74, 6) is 0.157. The van der Waals surface area contributed by atoms with Gasteiger partial charge in [0, 0.05) is 26.3 Å². The fourth-order valence-corrected chi connectivity index (χ4v) is 4.81. The van der Waals surface area contributed by atoms with Crippen molar-refractivity contribution in [2.45, 2.75) is 70.0 Å². The summed E-state index contributed by atoms with van der Waals surface area (Å²) in [6.07, 6.45) is 7.46. The molecule has 1 aliphatic carbocycles. The number of ether oxygens (including phenoxy) is 1. The van der Waals surface area contributed by atoms with Crippen LogP contribution in [-0.4, -0.2) is 58.1 Å². The molecule has 1 aliphatic heterocycles. The first-order valence-corrected chi connectivity index (χ1v) is 11.1. The van der Waals surface area contributed by atoms with Crippen molar-refractivity contribution in [1.29, 1.82) is 0 Å². The second-order valence-corrected chi connectivity index (χ2v) is 8.75. The molecule has 4 rings (SSSR count). The van der Waals surface area contributed by atoms with Crippen molar-refractivity contribution in [3.05, 3.63) is 30.1 Å². The molecule has 1 saturated carbocycles. The first-order chi connectivity index (χ1) is 14.5. The number of methoxy groups -OCH3 is 1. The van der Waals surface area contributed by atoms with Gasteiger partial charge in [-0.2, -0.15) is 0 Å². The Bertz CT molecular complexity index is 916. The Hall–Kier alpha value is -2.41. The lowest BCUT2D eigenvalue weighted by molar-refractivity contribution is -0.133. The van der Waals surface area contributed by atoms with E-state index in [0.717, 1.165) is 36.7 Å². The SMILES string of the molecule is COCCCN1C(=O)c2nc3ccccc3n2C[C@]1(C)C(=O)NC1CCCCCC1. The lowest BCUT2D eigenvalue weighted by Gasteiger charge is -2.44. The van der Waals surface area contributed by atoms with E-state index in [0.29, 0.717) is 31.9 Å². The molecule has 0 radical (unpaired) electrons. The zero-order valence-electron chi connectivity index (χ0n) is 18.0. The number of nitrogens with zero attached hydrogens (tertiary/aromatic N) is 3. The van der Waals surface area contributed by atoms with Gasteiger partial charge in [0.15, 0.2) is 5.82 Å². The van der Waals surface area contributed by atoms with Crippen molar-refractivity contribution in [2.24, 2.45) is 0 Å². The second kappa shape index (κ2) is 8.76. The lowest BCUT2D eigenvalue weighted by Crippen LogP contribution is -2.65. The maximum absolute atomic E-state index is 13.6. The number of benzene rings is 1. The van der Waals surface area contributed by atoms with Crippen LogP contribution in [0.1, 0.15) is 62.5 Å². The summed E-state index contributed by atoms with van der Waals surface area (Å²) < 4.78 is 7.10. The molecule has 0 unspecified atom stereocenters. The second-order valence-electron chi connectivity index (χ2n) is 8.75. The monoisotopic (exact) mass is 412 g/mol. The highest BCUT2D eigenvalue weighted by atomic mass is 16.5. The van der Waals surface area contributed by atoms with Crippen molar-refractivity contribution in [3.63, 3.8) is 0 Å². The first kappa shape index (κ1) is 20.8. The Balaban J connectivity index is 1.66. The number of nitrogens with one attached hydrogen (secondary N) is 1. The van der Waals surface area contributed by atoms with E-state index in [9.17, 15) is 9.59 Å². The molecule has 2 aliphatic rings. The molecule has 2 amide bonds. The van der Waals surface area contributed by atoms with E-state index in [4.69, 9.17) is 4.74 Å². The van der Waals surface area contributed by atoms with Gasteiger partial charge in [0.05, 0.1) is 17.6 Å². The zero-order chi connectivity index (χ0) is 21.1. The summed E-state index contributed by atoms with van der Waals surface area (Å²) in [5, 5.41) is 3.28. The quantitative estimate of drug-likeness (QED) is 0.584. The minimum absolute atomic E-state index is 0.0661. The summed E-state index contributed by atoms with van der Waals surface area (Å²) in [6, 6.07) is 7.92.